The van der Waals surface area contributed by atoms with Gasteiger partial charge < -0.3 is 4.74 Å². The number of rotatable bonds is 3. The van der Waals surface area contributed by atoms with Gasteiger partial charge in [-0.15, -0.1) is 0 Å². The number of ether oxygens (including phenoxy) is 1. The predicted molar refractivity (Wildman–Crippen MR) is 69.8 cm³/mol. The molecule has 0 aromatic carbocycles. The van der Waals surface area contributed by atoms with Crippen molar-refractivity contribution >= 4 is 5.97 Å². The average molecular weight is 250 g/mol. The van der Waals surface area contributed by atoms with E-state index in [0.717, 1.165) is 24.1 Å². The maximum absolute atomic E-state index is 11.9. The molecule has 1 aliphatic rings. The third kappa shape index (κ3) is 2.16. The number of aromatic nitrogens is 2. The molecule has 1 aromatic rings. The molecule has 0 radical (unpaired) electrons. The summed E-state index contributed by atoms with van der Waals surface area (Å²) >= 11 is 0. The molecule has 0 fully saturated rings. The van der Waals surface area contributed by atoms with Crippen molar-refractivity contribution in [3.63, 3.8) is 0 Å². The van der Waals surface area contributed by atoms with Crippen LogP contribution in [0.5, 0.6) is 0 Å². The summed E-state index contributed by atoms with van der Waals surface area (Å²) in [6.45, 7) is 8.80. The molecule has 100 valence electrons. The van der Waals surface area contributed by atoms with E-state index in [2.05, 4.69) is 31.0 Å². The number of hydrogen-bond acceptors (Lipinski definition) is 3. The van der Waals surface area contributed by atoms with Gasteiger partial charge in [-0.05, 0) is 31.6 Å². The van der Waals surface area contributed by atoms with Gasteiger partial charge in [0.1, 0.15) is 0 Å². The van der Waals surface area contributed by atoms with Gasteiger partial charge in [-0.2, -0.15) is 5.10 Å². The molecule has 2 rings (SSSR count). The number of carbonyl (C=O) groups is 1. The predicted octanol–water partition coefficient (Wildman–Crippen LogP) is 3.22. The standard InChI is InChI=1S/C14H22N2O2/c1-5-18-14(17)13-11-9(4)6-7-10(8(2)3)12(11)15-16-13/h8-10H,5-7H2,1-4H3,(H,15,16)/t9-,10-/m0/s1. The first-order chi connectivity index (χ1) is 8.56. The van der Waals surface area contributed by atoms with Gasteiger partial charge in [-0.1, -0.05) is 20.8 Å². The zero-order valence-corrected chi connectivity index (χ0v) is 11.6. The third-order valence-corrected chi connectivity index (χ3v) is 3.88. The molecule has 1 aliphatic carbocycles. The SMILES string of the molecule is CCOC(=O)c1n[nH]c2c1[C@@H](C)CC[C@H]2C(C)C. The highest BCUT2D eigenvalue weighted by Crippen LogP contribution is 2.42. The molecule has 1 aromatic heterocycles. The summed E-state index contributed by atoms with van der Waals surface area (Å²) in [4.78, 5) is 11.9. The fourth-order valence-corrected chi connectivity index (χ4v) is 2.89. The summed E-state index contributed by atoms with van der Waals surface area (Å²) in [6.07, 6.45) is 2.28. The topological polar surface area (TPSA) is 55.0 Å². The second-order valence-corrected chi connectivity index (χ2v) is 5.45. The van der Waals surface area contributed by atoms with E-state index in [0.29, 0.717) is 30.1 Å². The zero-order valence-electron chi connectivity index (χ0n) is 11.6. The maximum Gasteiger partial charge on any atom is 0.359 e. The van der Waals surface area contributed by atoms with E-state index < -0.39 is 0 Å². The van der Waals surface area contributed by atoms with E-state index >= 15 is 0 Å². The highest BCUT2D eigenvalue weighted by atomic mass is 16.5. The zero-order chi connectivity index (χ0) is 13.3. The van der Waals surface area contributed by atoms with Crippen molar-refractivity contribution < 1.29 is 9.53 Å². The first kappa shape index (κ1) is 13.1. The van der Waals surface area contributed by atoms with Crippen LogP contribution in [0.3, 0.4) is 0 Å². The molecule has 1 N–H and O–H groups in total. The van der Waals surface area contributed by atoms with Crippen LogP contribution in [0, 0.1) is 5.92 Å². The van der Waals surface area contributed by atoms with Crippen molar-refractivity contribution in [3.05, 3.63) is 17.0 Å². The molecular formula is C14H22N2O2. The number of nitrogens with one attached hydrogen (secondary N) is 1. The summed E-state index contributed by atoms with van der Waals surface area (Å²) in [6, 6.07) is 0. The number of nitrogens with zero attached hydrogens (tertiary/aromatic N) is 1. The Bertz CT molecular complexity index is 437. The smallest absolute Gasteiger partial charge is 0.359 e. The van der Waals surface area contributed by atoms with Crippen LogP contribution in [-0.4, -0.2) is 22.8 Å². The van der Waals surface area contributed by atoms with E-state index in [4.69, 9.17) is 4.74 Å². The molecule has 0 aliphatic heterocycles. The third-order valence-electron chi connectivity index (χ3n) is 3.88. The Morgan fingerprint density at radius 3 is 2.83 bits per heavy atom. The van der Waals surface area contributed by atoms with Crippen molar-refractivity contribution in [2.75, 3.05) is 6.61 Å². The van der Waals surface area contributed by atoms with Crippen LogP contribution >= 0.6 is 0 Å². The molecule has 0 bridgehead atoms. The minimum Gasteiger partial charge on any atom is -0.461 e. The van der Waals surface area contributed by atoms with Gasteiger partial charge in [-0.3, -0.25) is 5.10 Å². The van der Waals surface area contributed by atoms with E-state index in [1.165, 1.54) is 0 Å². The summed E-state index contributed by atoms with van der Waals surface area (Å²) < 4.78 is 5.07. The second kappa shape index (κ2) is 5.12. The molecule has 0 saturated carbocycles. The van der Waals surface area contributed by atoms with Crippen LogP contribution in [0.1, 0.15) is 74.1 Å². The Morgan fingerprint density at radius 1 is 1.50 bits per heavy atom. The quantitative estimate of drug-likeness (QED) is 0.838. The van der Waals surface area contributed by atoms with Crippen molar-refractivity contribution in [1.29, 1.82) is 0 Å². The fourth-order valence-electron chi connectivity index (χ4n) is 2.89. The minimum atomic E-state index is -0.300. The van der Waals surface area contributed by atoms with E-state index in [9.17, 15) is 4.79 Å². The van der Waals surface area contributed by atoms with Crippen LogP contribution in [0.2, 0.25) is 0 Å². The number of hydrogen-bond donors (Lipinski definition) is 1. The molecule has 0 unspecified atom stereocenters. The average Bonchev–Trinajstić information content (AvgIpc) is 2.74. The van der Waals surface area contributed by atoms with Crippen molar-refractivity contribution in [2.45, 2.75) is 52.4 Å². The van der Waals surface area contributed by atoms with Gasteiger partial charge in [0.2, 0.25) is 0 Å². The van der Waals surface area contributed by atoms with Gasteiger partial charge in [0.25, 0.3) is 0 Å². The summed E-state index contributed by atoms with van der Waals surface area (Å²) in [7, 11) is 0. The molecule has 0 saturated heterocycles. The van der Waals surface area contributed by atoms with Gasteiger partial charge >= 0.3 is 5.97 Å². The molecule has 0 amide bonds. The lowest BCUT2D eigenvalue weighted by molar-refractivity contribution is 0.0517. The maximum atomic E-state index is 11.9. The molecule has 4 nitrogen and oxygen atoms in total. The van der Waals surface area contributed by atoms with Gasteiger partial charge in [0.05, 0.1) is 6.61 Å². The largest absolute Gasteiger partial charge is 0.461 e. The van der Waals surface area contributed by atoms with E-state index in [1.54, 1.807) is 0 Å². The van der Waals surface area contributed by atoms with Crippen molar-refractivity contribution in [1.82, 2.24) is 10.2 Å². The van der Waals surface area contributed by atoms with Crippen LogP contribution in [0.25, 0.3) is 0 Å². The number of aromatic amines is 1. The normalized spacial score (nSPS) is 22.9. The Morgan fingerprint density at radius 2 is 2.22 bits per heavy atom. The van der Waals surface area contributed by atoms with Crippen molar-refractivity contribution in [2.24, 2.45) is 5.92 Å². The first-order valence-electron chi connectivity index (χ1n) is 6.81. The van der Waals surface area contributed by atoms with Crippen LogP contribution in [0.15, 0.2) is 0 Å². The Labute approximate surface area is 108 Å². The Hall–Kier alpha value is -1.32. The summed E-state index contributed by atoms with van der Waals surface area (Å²) in [5, 5.41) is 7.28. The summed E-state index contributed by atoms with van der Waals surface area (Å²) in [5.41, 5.74) is 2.72. The lowest BCUT2D eigenvalue weighted by atomic mass is 9.76. The lowest BCUT2D eigenvalue weighted by Gasteiger charge is -2.29. The highest BCUT2D eigenvalue weighted by molar-refractivity contribution is 5.89. The molecule has 18 heavy (non-hydrogen) atoms. The van der Waals surface area contributed by atoms with Crippen molar-refractivity contribution in [3.8, 4) is 0 Å². The molecule has 4 heteroatoms. The van der Waals surface area contributed by atoms with Crippen LogP contribution < -0.4 is 0 Å². The number of fused-ring (bicyclic) bond motifs is 1. The Kier molecular flexibility index (Phi) is 3.73. The van der Waals surface area contributed by atoms with Crippen LogP contribution in [0.4, 0.5) is 0 Å². The van der Waals surface area contributed by atoms with Gasteiger partial charge in [0.15, 0.2) is 5.69 Å². The monoisotopic (exact) mass is 250 g/mol. The first-order valence-corrected chi connectivity index (χ1v) is 6.81. The molecule has 2 atom stereocenters. The second-order valence-electron chi connectivity index (χ2n) is 5.45. The lowest BCUT2D eigenvalue weighted by Crippen LogP contribution is -2.18. The molecule has 1 heterocycles. The van der Waals surface area contributed by atoms with Crippen LogP contribution in [-0.2, 0) is 4.74 Å². The number of carbonyl (C=O) groups excluding carboxylic acids is 1. The highest BCUT2D eigenvalue weighted by Gasteiger charge is 2.33. The minimum absolute atomic E-state index is 0.300. The Balaban J connectivity index is 2.39. The summed E-state index contributed by atoms with van der Waals surface area (Å²) in [5.74, 6) is 1.12. The van der Waals surface area contributed by atoms with Gasteiger partial charge in [-0.25, -0.2) is 4.79 Å². The molecule has 0 spiro atoms. The fraction of sp³-hybridized carbons (Fsp3) is 0.714. The molecular weight excluding hydrogens is 228 g/mol. The van der Waals surface area contributed by atoms with E-state index in [-0.39, 0.29) is 5.97 Å². The van der Waals surface area contributed by atoms with Gasteiger partial charge in [0, 0.05) is 17.2 Å². The number of esters is 1. The number of H-pyrrole nitrogens is 1. The van der Waals surface area contributed by atoms with E-state index in [1.807, 2.05) is 6.92 Å².